The van der Waals surface area contributed by atoms with Gasteiger partial charge in [-0.05, 0) is 65.0 Å². The molecule has 1 aliphatic heterocycles. The number of imide groups is 1. The lowest BCUT2D eigenvalue weighted by Crippen LogP contribution is -2.42. The number of hydrogen-bond acceptors (Lipinski definition) is 7. The average molecular weight is 463 g/mol. The van der Waals surface area contributed by atoms with Gasteiger partial charge in [-0.15, -0.1) is 0 Å². The third-order valence-electron chi connectivity index (χ3n) is 3.32. The van der Waals surface area contributed by atoms with E-state index in [4.69, 9.17) is 4.74 Å². The Balaban J connectivity index is 2.36. The summed E-state index contributed by atoms with van der Waals surface area (Å²) in [7, 11) is 2.61. The van der Waals surface area contributed by atoms with Crippen LogP contribution in [-0.2, 0) is 14.3 Å². The van der Waals surface area contributed by atoms with Crippen LogP contribution in [0.15, 0.2) is 17.0 Å². The van der Waals surface area contributed by atoms with Crippen LogP contribution >= 0.6 is 34.4 Å². The molecule has 128 valence electrons. The van der Waals surface area contributed by atoms with E-state index < -0.39 is 23.2 Å². The second kappa shape index (κ2) is 7.43. The number of phenols is 1. The van der Waals surface area contributed by atoms with Gasteiger partial charge >= 0.3 is 5.97 Å². The molecule has 0 saturated carbocycles. The minimum Gasteiger partial charge on any atom is -0.504 e. The maximum absolute atomic E-state index is 12.4. The van der Waals surface area contributed by atoms with Crippen molar-refractivity contribution in [2.45, 2.75) is 13.0 Å². The fraction of sp³-hybridized carbons (Fsp3) is 0.267. The first-order chi connectivity index (χ1) is 11.3. The highest BCUT2D eigenvalue weighted by Crippen LogP contribution is 2.37. The second-order valence-corrected chi connectivity index (χ2v) is 6.96. The zero-order valence-electron chi connectivity index (χ0n) is 13.0. The third-order valence-corrected chi connectivity index (χ3v) is 5.03. The van der Waals surface area contributed by atoms with Crippen LogP contribution in [0, 0.1) is 3.57 Å². The topological polar surface area (TPSA) is 93.1 Å². The highest BCUT2D eigenvalue weighted by Gasteiger charge is 2.41. The SMILES string of the molecule is COC(=O)C(C)N1C(=O)SC(=Cc2cc(I)c(O)c(OC)c2)C1=O. The Morgan fingerprint density at radius 1 is 1.38 bits per heavy atom. The molecule has 7 nitrogen and oxygen atoms in total. The lowest BCUT2D eigenvalue weighted by Gasteiger charge is -2.18. The Labute approximate surface area is 156 Å². The molecular weight excluding hydrogens is 449 g/mol. The van der Waals surface area contributed by atoms with Crippen molar-refractivity contribution in [3.63, 3.8) is 0 Å². The van der Waals surface area contributed by atoms with Gasteiger partial charge in [0.2, 0.25) is 0 Å². The number of esters is 1. The lowest BCUT2D eigenvalue weighted by molar-refractivity contribution is -0.148. The molecule has 24 heavy (non-hydrogen) atoms. The summed E-state index contributed by atoms with van der Waals surface area (Å²) < 4.78 is 10.2. The monoisotopic (exact) mass is 463 g/mol. The fourth-order valence-corrected chi connectivity index (χ4v) is 3.61. The van der Waals surface area contributed by atoms with Crippen molar-refractivity contribution in [1.82, 2.24) is 4.90 Å². The van der Waals surface area contributed by atoms with E-state index in [1.54, 1.807) is 12.1 Å². The van der Waals surface area contributed by atoms with Crippen molar-refractivity contribution in [2.24, 2.45) is 0 Å². The Morgan fingerprint density at radius 2 is 2.04 bits per heavy atom. The molecule has 1 fully saturated rings. The number of carbonyl (C=O) groups excluding carboxylic acids is 3. The van der Waals surface area contributed by atoms with Crippen LogP contribution in [0.2, 0.25) is 0 Å². The number of carbonyl (C=O) groups is 3. The van der Waals surface area contributed by atoms with E-state index in [1.807, 2.05) is 22.6 Å². The Kier molecular flexibility index (Phi) is 5.75. The van der Waals surface area contributed by atoms with Crippen LogP contribution in [0.1, 0.15) is 12.5 Å². The molecule has 0 aromatic heterocycles. The summed E-state index contributed by atoms with van der Waals surface area (Å²) in [4.78, 5) is 37.1. The van der Waals surface area contributed by atoms with Gasteiger partial charge in [-0.25, -0.2) is 4.79 Å². The van der Waals surface area contributed by atoms with E-state index >= 15 is 0 Å². The van der Waals surface area contributed by atoms with Gasteiger partial charge in [0.05, 0.1) is 22.7 Å². The highest BCUT2D eigenvalue weighted by atomic mass is 127. The second-order valence-electron chi connectivity index (χ2n) is 4.80. The molecule has 9 heteroatoms. The molecule has 1 unspecified atom stereocenters. The molecule has 1 atom stereocenters. The van der Waals surface area contributed by atoms with Crippen molar-refractivity contribution >= 4 is 57.5 Å². The van der Waals surface area contributed by atoms with Gasteiger partial charge in [0.1, 0.15) is 6.04 Å². The third kappa shape index (κ3) is 3.51. The molecule has 2 rings (SSSR count). The van der Waals surface area contributed by atoms with E-state index in [2.05, 4.69) is 4.74 Å². The summed E-state index contributed by atoms with van der Waals surface area (Å²) in [6.07, 6.45) is 1.51. The maximum Gasteiger partial charge on any atom is 0.328 e. The van der Waals surface area contributed by atoms with Gasteiger partial charge < -0.3 is 14.6 Å². The largest absolute Gasteiger partial charge is 0.504 e. The number of halogens is 1. The Bertz CT molecular complexity index is 748. The number of ether oxygens (including phenoxy) is 2. The molecule has 0 spiro atoms. The summed E-state index contributed by atoms with van der Waals surface area (Å²) in [5.41, 5.74) is 0.588. The van der Waals surface area contributed by atoms with Crippen molar-refractivity contribution in [2.75, 3.05) is 14.2 Å². The van der Waals surface area contributed by atoms with Gasteiger partial charge in [0, 0.05) is 0 Å². The van der Waals surface area contributed by atoms with Crippen molar-refractivity contribution in [1.29, 1.82) is 0 Å². The van der Waals surface area contributed by atoms with E-state index in [9.17, 15) is 19.5 Å². The van der Waals surface area contributed by atoms with Gasteiger partial charge in [-0.1, -0.05) is 0 Å². The predicted molar refractivity (Wildman–Crippen MR) is 96.7 cm³/mol. The molecule has 0 bridgehead atoms. The van der Waals surface area contributed by atoms with Crippen LogP contribution in [0.4, 0.5) is 4.79 Å². The summed E-state index contributed by atoms with van der Waals surface area (Å²) >= 11 is 2.67. The summed E-state index contributed by atoms with van der Waals surface area (Å²) in [6.45, 7) is 1.43. The zero-order chi connectivity index (χ0) is 18.0. The highest BCUT2D eigenvalue weighted by molar-refractivity contribution is 14.1. The first-order valence-electron chi connectivity index (χ1n) is 6.71. The average Bonchev–Trinajstić information content (AvgIpc) is 2.83. The molecule has 0 radical (unpaired) electrons. The molecular formula is C15H14INO6S. The predicted octanol–water partition coefficient (Wildman–Crippen LogP) is 2.60. The van der Waals surface area contributed by atoms with Gasteiger partial charge in [-0.2, -0.15) is 0 Å². The number of nitrogens with zero attached hydrogens (tertiary/aromatic N) is 1. The number of methoxy groups -OCH3 is 2. The first-order valence-corrected chi connectivity index (χ1v) is 8.61. The first kappa shape index (κ1) is 18.6. The molecule has 2 amide bonds. The fourth-order valence-electron chi connectivity index (χ4n) is 2.07. The summed E-state index contributed by atoms with van der Waals surface area (Å²) in [5.74, 6) is -0.970. The summed E-state index contributed by atoms with van der Waals surface area (Å²) in [6, 6.07) is 2.20. The zero-order valence-corrected chi connectivity index (χ0v) is 16.0. The quantitative estimate of drug-likeness (QED) is 0.417. The minimum absolute atomic E-state index is 0.00247. The van der Waals surface area contributed by atoms with E-state index in [-0.39, 0.29) is 16.4 Å². The van der Waals surface area contributed by atoms with Crippen LogP contribution < -0.4 is 4.74 Å². The maximum atomic E-state index is 12.4. The van der Waals surface area contributed by atoms with E-state index in [1.165, 1.54) is 27.2 Å². The molecule has 1 aromatic rings. The van der Waals surface area contributed by atoms with Crippen LogP contribution in [-0.4, -0.2) is 47.4 Å². The minimum atomic E-state index is -0.997. The number of hydrogen-bond donors (Lipinski definition) is 1. The van der Waals surface area contributed by atoms with Gasteiger partial charge in [0.25, 0.3) is 11.1 Å². The normalized spacial score (nSPS) is 17.3. The van der Waals surface area contributed by atoms with Crippen LogP contribution in [0.25, 0.3) is 6.08 Å². The van der Waals surface area contributed by atoms with Crippen molar-refractivity contribution < 1.29 is 29.0 Å². The molecule has 1 aliphatic rings. The Hall–Kier alpha value is -1.75. The number of benzene rings is 1. The van der Waals surface area contributed by atoms with Gasteiger partial charge in [-0.3, -0.25) is 14.5 Å². The van der Waals surface area contributed by atoms with E-state index in [0.717, 1.165) is 16.7 Å². The summed E-state index contributed by atoms with van der Waals surface area (Å²) in [5, 5.41) is 9.30. The molecule has 0 aliphatic carbocycles. The lowest BCUT2D eigenvalue weighted by atomic mass is 10.2. The van der Waals surface area contributed by atoms with Gasteiger partial charge in [0.15, 0.2) is 11.5 Å². The molecule has 1 heterocycles. The van der Waals surface area contributed by atoms with E-state index in [0.29, 0.717) is 9.13 Å². The van der Waals surface area contributed by atoms with Crippen molar-refractivity contribution in [3.05, 3.63) is 26.2 Å². The number of phenolic OH excluding ortho intramolecular Hbond substituents is 1. The van der Waals surface area contributed by atoms with Crippen LogP contribution in [0.5, 0.6) is 11.5 Å². The number of aromatic hydroxyl groups is 1. The molecule has 1 aromatic carbocycles. The van der Waals surface area contributed by atoms with Crippen LogP contribution in [0.3, 0.4) is 0 Å². The molecule has 1 N–H and O–H groups in total. The number of thioether (sulfide) groups is 1. The molecule has 1 saturated heterocycles. The Morgan fingerprint density at radius 3 is 2.62 bits per heavy atom. The smallest absolute Gasteiger partial charge is 0.328 e. The number of rotatable bonds is 4. The van der Waals surface area contributed by atoms with Crippen molar-refractivity contribution in [3.8, 4) is 11.5 Å². The standard InChI is InChI=1S/C15H14INO6S/c1-7(14(20)23-3)17-13(19)11(24-15(17)21)6-8-4-9(16)12(18)10(5-8)22-2/h4-7,18H,1-3H3. The number of amides is 2.